The van der Waals surface area contributed by atoms with Crippen LogP contribution in [-0.2, 0) is 0 Å². The lowest BCUT2D eigenvalue weighted by Gasteiger charge is -2.12. The maximum atomic E-state index is 11.6. The van der Waals surface area contributed by atoms with Crippen LogP contribution in [0.4, 0.5) is 0 Å². The fraction of sp³-hybridized carbons (Fsp3) is 0.600. The average Bonchev–Trinajstić information content (AvgIpc) is 2.71. The first-order valence-electron chi connectivity index (χ1n) is 5.16. The van der Waals surface area contributed by atoms with E-state index in [1.165, 1.54) is 0 Å². The Bertz CT molecular complexity index is 494. The van der Waals surface area contributed by atoms with Crippen LogP contribution in [0.15, 0.2) is 15.8 Å². The molecule has 5 nitrogen and oxygen atoms in total. The first-order chi connectivity index (χ1) is 7.61. The van der Waals surface area contributed by atoms with Gasteiger partial charge in [0.1, 0.15) is 0 Å². The van der Waals surface area contributed by atoms with Crippen molar-refractivity contribution in [2.45, 2.75) is 18.7 Å². The highest BCUT2D eigenvalue weighted by atomic mass is 32.2. The number of nitrogens with one attached hydrogen (secondary N) is 1. The number of aliphatic hydroxyl groups is 1. The van der Waals surface area contributed by atoms with Gasteiger partial charge in [0.25, 0.3) is 5.56 Å². The number of aryl methyl sites for hydroxylation is 1. The molecular formula is C10H14N2O3S. The molecule has 2 heterocycles. The first kappa shape index (κ1) is 11.5. The minimum Gasteiger partial charge on any atom is -0.396 e. The molecule has 1 fully saturated rings. The Morgan fingerprint density at radius 3 is 3.00 bits per heavy atom. The van der Waals surface area contributed by atoms with Gasteiger partial charge in [0.2, 0.25) is 0 Å². The second kappa shape index (κ2) is 4.47. The lowest BCUT2D eigenvalue weighted by Crippen LogP contribution is -2.32. The van der Waals surface area contributed by atoms with E-state index in [0.717, 1.165) is 12.2 Å². The number of hydrogen-bond acceptors (Lipinski definition) is 4. The smallest absolute Gasteiger partial charge is 0.329 e. The van der Waals surface area contributed by atoms with E-state index in [1.807, 2.05) is 0 Å². The number of aromatic nitrogens is 2. The van der Waals surface area contributed by atoms with Crippen LogP contribution in [0.5, 0.6) is 0 Å². The summed E-state index contributed by atoms with van der Waals surface area (Å²) in [6.45, 7) is 1.83. The number of H-pyrrole nitrogens is 1. The number of hydrogen-bond donors (Lipinski definition) is 2. The van der Waals surface area contributed by atoms with Gasteiger partial charge in [0.15, 0.2) is 0 Å². The average molecular weight is 242 g/mol. The van der Waals surface area contributed by atoms with Gasteiger partial charge in [-0.15, -0.1) is 11.8 Å². The molecular weight excluding hydrogens is 228 g/mol. The Hall–Kier alpha value is -1.01. The van der Waals surface area contributed by atoms with Gasteiger partial charge < -0.3 is 5.11 Å². The van der Waals surface area contributed by atoms with E-state index in [4.69, 9.17) is 5.11 Å². The molecule has 0 spiro atoms. The molecule has 1 aliphatic heterocycles. The summed E-state index contributed by atoms with van der Waals surface area (Å²) >= 11 is 1.64. The summed E-state index contributed by atoms with van der Waals surface area (Å²) in [5, 5.41) is 9.07. The molecule has 1 saturated heterocycles. The molecule has 0 amide bonds. The third-order valence-corrected chi connectivity index (χ3v) is 4.24. The molecule has 2 N–H and O–H groups in total. The molecule has 1 aromatic rings. The summed E-state index contributed by atoms with van der Waals surface area (Å²) < 4.78 is 1.55. The molecule has 2 rings (SSSR count). The Labute approximate surface area is 96.5 Å². The molecule has 16 heavy (non-hydrogen) atoms. The number of rotatable bonds is 2. The molecule has 88 valence electrons. The van der Waals surface area contributed by atoms with E-state index < -0.39 is 0 Å². The van der Waals surface area contributed by atoms with Gasteiger partial charge in [-0.05, 0) is 19.3 Å². The van der Waals surface area contributed by atoms with Crippen molar-refractivity contribution in [1.82, 2.24) is 9.55 Å². The second-order valence-corrected chi connectivity index (χ2v) is 5.26. The highest BCUT2D eigenvalue weighted by Crippen LogP contribution is 2.38. The van der Waals surface area contributed by atoms with E-state index in [-0.39, 0.29) is 29.1 Å². The molecule has 0 aromatic carbocycles. The fourth-order valence-corrected chi connectivity index (χ4v) is 3.25. The van der Waals surface area contributed by atoms with Crippen LogP contribution in [-0.4, -0.2) is 27.0 Å². The van der Waals surface area contributed by atoms with Gasteiger partial charge in [-0.3, -0.25) is 14.3 Å². The molecule has 0 bridgehead atoms. The number of thioether (sulfide) groups is 1. The third kappa shape index (κ3) is 2.08. The van der Waals surface area contributed by atoms with Crippen LogP contribution < -0.4 is 11.2 Å². The van der Waals surface area contributed by atoms with Crippen molar-refractivity contribution in [1.29, 1.82) is 0 Å². The van der Waals surface area contributed by atoms with Crippen LogP contribution in [0.3, 0.4) is 0 Å². The van der Waals surface area contributed by atoms with E-state index in [9.17, 15) is 9.59 Å². The summed E-state index contributed by atoms with van der Waals surface area (Å²) in [6, 6.07) is 0. The highest BCUT2D eigenvalue weighted by Gasteiger charge is 2.26. The van der Waals surface area contributed by atoms with Crippen LogP contribution >= 0.6 is 11.8 Å². The molecule has 2 atom stereocenters. The van der Waals surface area contributed by atoms with Gasteiger partial charge in [0, 0.05) is 24.1 Å². The first-order valence-corrected chi connectivity index (χ1v) is 6.21. The van der Waals surface area contributed by atoms with E-state index in [0.29, 0.717) is 5.56 Å². The van der Waals surface area contributed by atoms with Crippen molar-refractivity contribution in [3.8, 4) is 0 Å². The Morgan fingerprint density at radius 1 is 1.62 bits per heavy atom. The number of aromatic amines is 1. The molecule has 1 aliphatic rings. The van der Waals surface area contributed by atoms with Crippen LogP contribution in [0.2, 0.25) is 0 Å². The topological polar surface area (TPSA) is 75.1 Å². The Morgan fingerprint density at radius 2 is 2.38 bits per heavy atom. The summed E-state index contributed by atoms with van der Waals surface area (Å²) in [4.78, 5) is 25.1. The summed E-state index contributed by atoms with van der Waals surface area (Å²) in [7, 11) is 0. The number of nitrogens with zero attached hydrogens (tertiary/aromatic N) is 1. The van der Waals surface area contributed by atoms with E-state index in [2.05, 4.69) is 4.98 Å². The van der Waals surface area contributed by atoms with Gasteiger partial charge in [0.05, 0.1) is 5.37 Å². The van der Waals surface area contributed by atoms with Crippen molar-refractivity contribution in [3.05, 3.63) is 32.6 Å². The van der Waals surface area contributed by atoms with Gasteiger partial charge in [-0.1, -0.05) is 0 Å². The Balaban J connectivity index is 2.32. The van der Waals surface area contributed by atoms with Crippen LogP contribution in [0.25, 0.3) is 0 Å². The van der Waals surface area contributed by atoms with Gasteiger partial charge in [-0.2, -0.15) is 0 Å². The molecule has 6 heteroatoms. The highest BCUT2D eigenvalue weighted by molar-refractivity contribution is 7.99. The van der Waals surface area contributed by atoms with Crippen molar-refractivity contribution in [3.63, 3.8) is 0 Å². The zero-order valence-electron chi connectivity index (χ0n) is 8.97. The standard InChI is InChI=1S/C10H14N2O3S/c1-6-3-12(10(15)11-9(6)14)8-2-7(4-13)5-16-8/h3,7-8,13H,2,4-5H2,1H3,(H,11,14,15)/t7-,8-/m1/s1. The van der Waals surface area contributed by atoms with Crippen LogP contribution in [0.1, 0.15) is 17.4 Å². The minimum absolute atomic E-state index is 0.0280. The molecule has 1 aromatic heterocycles. The van der Waals surface area contributed by atoms with Crippen molar-refractivity contribution >= 4 is 11.8 Å². The summed E-state index contributed by atoms with van der Waals surface area (Å²) in [5.41, 5.74) is -0.165. The van der Waals surface area contributed by atoms with Gasteiger partial charge in [-0.25, -0.2) is 4.79 Å². The quantitative estimate of drug-likeness (QED) is 0.770. The van der Waals surface area contributed by atoms with Crippen molar-refractivity contribution in [2.75, 3.05) is 12.4 Å². The predicted octanol–water partition coefficient (Wildman–Crippen LogP) is 0.0890. The fourth-order valence-electron chi connectivity index (χ4n) is 1.79. The zero-order chi connectivity index (χ0) is 11.7. The van der Waals surface area contributed by atoms with E-state index in [1.54, 1.807) is 29.4 Å². The van der Waals surface area contributed by atoms with E-state index >= 15 is 0 Å². The minimum atomic E-state index is -0.369. The maximum Gasteiger partial charge on any atom is 0.329 e. The largest absolute Gasteiger partial charge is 0.396 e. The summed E-state index contributed by atoms with van der Waals surface area (Å²) in [6.07, 6.45) is 2.37. The molecule has 0 saturated carbocycles. The SMILES string of the molecule is Cc1cn([C@H]2C[C@H](CO)CS2)c(=O)[nH]c1=O. The predicted molar refractivity (Wildman–Crippen MR) is 62.7 cm³/mol. The molecule has 0 radical (unpaired) electrons. The third-order valence-electron chi connectivity index (χ3n) is 2.77. The lowest BCUT2D eigenvalue weighted by molar-refractivity contribution is 0.233. The lowest BCUT2D eigenvalue weighted by atomic mass is 10.1. The molecule has 0 unspecified atom stereocenters. The monoisotopic (exact) mass is 242 g/mol. The van der Waals surface area contributed by atoms with Crippen molar-refractivity contribution in [2.24, 2.45) is 5.92 Å². The maximum absolute atomic E-state index is 11.6. The zero-order valence-corrected chi connectivity index (χ0v) is 9.79. The number of aliphatic hydroxyl groups excluding tert-OH is 1. The normalized spacial score (nSPS) is 24.9. The van der Waals surface area contributed by atoms with Crippen molar-refractivity contribution < 1.29 is 5.11 Å². The Kier molecular flexibility index (Phi) is 3.20. The second-order valence-electron chi connectivity index (χ2n) is 4.05. The van der Waals surface area contributed by atoms with Crippen LogP contribution in [0, 0.1) is 12.8 Å². The van der Waals surface area contributed by atoms with Gasteiger partial charge >= 0.3 is 5.69 Å². The summed E-state index contributed by atoms with van der Waals surface area (Å²) in [5.74, 6) is 1.10. The molecule has 0 aliphatic carbocycles.